The number of benzene rings is 2. The number of anilines is 1. The van der Waals surface area contributed by atoms with Crippen molar-refractivity contribution in [1.82, 2.24) is 4.90 Å². The van der Waals surface area contributed by atoms with Gasteiger partial charge in [0, 0.05) is 18.7 Å². The van der Waals surface area contributed by atoms with Crippen LogP contribution in [0.3, 0.4) is 0 Å². The fourth-order valence-corrected chi connectivity index (χ4v) is 5.19. The SMILES string of the molecule is C=CCN1C(=O)[C@H](CC(=O)Nc2ccc(OC)cc2)SC1=NS(=O)(=O)c1ccc(F)cc1. The minimum atomic E-state index is -4.18. The zero-order chi connectivity index (χ0) is 23.3. The molecule has 3 rings (SSSR count). The van der Waals surface area contributed by atoms with Crippen LogP contribution in [-0.2, 0) is 19.6 Å². The molecule has 0 saturated carbocycles. The molecule has 0 radical (unpaired) electrons. The van der Waals surface area contributed by atoms with Crippen LogP contribution >= 0.6 is 11.8 Å². The number of ether oxygens (including phenoxy) is 1. The van der Waals surface area contributed by atoms with Crippen LogP contribution in [0, 0.1) is 5.82 Å². The highest BCUT2D eigenvalue weighted by Gasteiger charge is 2.39. The summed E-state index contributed by atoms with van der Waals surface area (Å²) in [6.45, 7) is 3.60. The highest BCUT2D eigenvalue weighted by atomic mass is 32.2. The van der Waals surface area contributed by atoms with Gasteiger partial charge in [0.1, 0.15) is 16.8 Å². The summed E-state index contributed by atoms with van der Waals surface area (Å²) >= 11 is 0.881. The molecule has 2 aromatic carbocycles. The first kappa shape index (κ1) is 23.5. The number of halogens is 1. The predicted octanol–water partition coefficient (Wildman–Crippen LogP) is 3.04. The van der Waals surface area contributed by atoms with E-state index >= 15 is 0 Å². The number of carbonyl (C=O) groups excluding carboxylic acids is 2. The van der Waals surface area contributed by atoms with Gasteiger partial charge in [-0.1, -0.05) is 17.8 Å². The van der Waals surface area contributed by atoms with Crippen LogP contribution in [0.25, 0.3) is 0 Å². The van der Waals surface area contributed by atoms with E-state index in [1.165, 1.54) is 13.2 Å². The molecule has 168 valence electrons. The molecule has 1 aliphatic heterocycles. The van der Waals surface area contributed by atoms with Crippen LogP contribution in [0.4, 0.5) is 10.1 Å². The Balaban J connectivity index is 1.76. The topological polar surface area (TPSA) is 105 Å². The molecule has 0 spiro atoms. The van der Waals surface area contributed by atoms with Gasteiger partial charge in [0.15, 0.2) is 5.17 Å². The van der Waals surface area contributed by atoms with Crippen molar-refractivity contribution in [1.29, 1.82) is 0 Å². The van der Waals surface area contributed by atoms with E-state index in [0.717, 1.165) is 40.9 Å². The zero-order valence-electron chi connectivity index (χ0n) is 17.0. The molecule has 1 N–H and O–H groups in total. The van der Waals surface area contributed by atoms with Gasteiger partial charge in [0.2, 0.25) is 11.8 Å². The largest absolute Gasteiger partial charge is 0.497 e. The maximum atomic E-state index is 13.1. The van der Waals surface area contributed by atoms with Gasteiger partial charge in [-0.05, 0) is 48.5 Å². The lowest BCUT2D eigenvalue weighted by atomic mass is 10.2. The fraction of sp³-hybridized carbons (Fsp3) is 0.190. The molecule has 1 fully saturated rings. The molecule has 0 aromatic heterocycles. The number of nitrogens with zero attached hydrogens (tertiary/aromatic N) is 2. The molecular weight excluding hydrogens is 457 g/mol. The minimum Gasteiger partial charge on any atom is -0.497 e. The average molecular weight is 478 g/mol. The molecule has 1 heterocycles. The lowest BCUT2D eigenvalue weighted by molar-refractivity contribution is -0.127. The van der Waals surface area contributed by atoms with Crippen molar-refractivity contribution in [2.45, 2.75) is 16.6 Å². The van der Waals surface area contributed by atoms with Crippen LogP contribution in [-0.4, -0.2) is 49.2 Å². The molecule has 11 heteroatoms. The molecule has 0 unspecified atom stereocenters. The third-order valence-corrected chi connectivity index (χ3v) is 6.96. The molecule has 2 aromatic rings. The Labute approximate surface area is 189 Å². The van der Waals surface area contributed by atoms with E-state index in [9.17, 15) is 22.4 Å². The Morgan fingerprint density at radius 1 is 1.25 bits per heavy atom. The molecule has 8 nitrogen and oxygen atoms in total. The van der Waals surface area contributed by atoms with Crippen LogP contribution in [0.15, 0.2) is 70.5 Å². The van der Waals surface area contributed by atoms with Gasteiger partial charge in [0.05, 0.1) is 12.0 Å². The number of nitrogens with one attached hydrogen (secondary N) is 1. The van der Waals surface area contributed by atoms with Crippen LogP contribution < -0.4 is 10.1 Å². The molecule has 32 heavy (non-hydrogen) atoms. The summed E-state index contributed by atoms with van der Waals surface area (Å²) < 4.78 is 47.1. The van der Waals surface area contributed by atoms with Crippen molar-refractivity contribution >= 4 is 44.5 Å². The van der Waals surface area contributed by atoms with E-state index in [0.29, 0.717) is 11.4 Å². The quantitative estimate of drug-likeness (QED) is 0.586. The van der Waals surface area contributed by atoms with Crippen LogP contribution in [0.2, 0.25) is 0 Å². The van der Waals surface area contributed by atoms with E-state index in [1.807, 2.05) is 0 Å². The molecule has 0 aliphatic carbocycles. The van der Waals surface area contributed by atoms with Crippen LogP contribution in [0.1, 0.15) is 6.42 Å². The Hall–Kier alpha value is -3.18. The van der Waals surface area contributed by atoms with E-state index in [4.69, 9.17) is 4.74 Å². The number of amides is 2. The highest BCUT2D eigenvalue weighted by molar-refractivity contribution is 8.16. The lowest BCUT2D eigenvalue weighted by Gasteiger charge is -2.13. The fourth-order valence-electron chi connectivity index (χ4n) is 2.82. The monoisotopic (exact) mass is 477 g/mol. The second kappa shape index (κ2) is 9.96. The standard InChI is InChI=1S/C21H20FN3O5S2/c1-3-12-25-20(27)18(13-19(26)23-15-6-8-16(30-2)9-7-15)31-21(25)24-32(28,29)17-10-4-14(22)5-11-17/h3-11,18H,1,12-13H2,2H3,(H,23,26)/t18-/m0/s1. The molecule has 0 bridgehead atoms. The van der Waals surface area contributed by atoms with Gasteiger partial charge in [0.25, 0.3) is 10.0 Å². The predicted molar refractivity (Wildman–Crippen MR) is 121 cm³/mol. The maximum absolute atomic E-state index is 13.1. The average Bonchev–Trinajstić information content (AvgIpc) is 3.03. The summed E-state index contributed by atoms with van der Waals surface area (Å²) in [6, 6.07) is 10.9. The maximum Gasteiger partial charge on any atom is 0.284 e. The first-order valence-corrected chi connectivity index (χ1v) is 11.7. The second-order valence-corrected chi connectivity index (χ2v) is 9.40. The Morgan fingerprint density at radius 3 is 2.50 bits per heavy atom. The van der Waals surface area contributed by atoms with Crippen molar-refractivity contribution in [2.75, 3.05) is 19.0 Å². The van der Waals surface area contributed by atoms with Gasteiger partial charge in [-0.3, -0.25) is 14.5 Å². The molecule has 1 aliphatic rings. The van der Waals surface area contributed by atoms with Crippen molar-refractivity contribution in [3.8, 4) is 5.75 Å². The second-order valence-electron chi connectivity index (χ2n) is 6.63. The summed E-state index contributed by atoms with van der Waals surface area (Å²) in [7, 11) is -2.65. The summed E-state index contributed by atoms with van der Waals surface area (Å²) in [5.41, 5.74) is 0.530. The molecular formula is C21H20FN3O5S2. The summed E-state index contributed by atoms with van der Waals surface area (Å²) in [5.74, 6) is -0.818. The van der Waals surface area contributed by atoms with E-state index in [1.54, 1.807) is 24.3 Å². The smallest absolute Gasteiger partial charge is 0.284 e. The van der Waals surface area contributed by atoms with Crippen molar-refractivity contribution in [3.63, 3.8) is 0 Å². The highest BCUT2D eigenvalue weighted by Crippen LogP contribution is 2.31. The van der Waals surface area contributed by atoms with Gasteiger partial charge < -0.3 is 10.1 Å². The van der Waals surface area contributed by atoms with E-state index in [2.05, 4.69) is 16.3 Å². The summed E-state index contributed by atoms with van der Waals surface area (Å²) in [6.07, 6.45) is 1.25. The van der Waals surface area contributed by atoms with Crippen molar-refractivity contribution < 1.29 is 27.1 Å². The van der Waals surface area contributed by atoms with E-state index < -0.39 is 32.9 Å². The number of sulfonamides is 1. The number of amidine groups is 1. The number of rotatable bonds is 8. The Bertz CT molecular complexity index is 1150. The molecule has 2 amide bonds. The number of thioether (sulfide) groups is 1. The third kappa shape index (κ3) is 5.54. The number of carbonyl (C=O) groups is 2. The number of hydrogen-bond donors (Lipinski definition) is 1. The summed E-state index contributed by atoms with van der Waals surface area (Å²) in [5, 5.41) is 1.77. The van der Waals surface area contributed by atoms with Crippen molar-refractivity contribution in [2.24, 2.45) is 4.40 Å². The zero-order valence-corrected chi connectivity index (χ0v) is 18.7. The van der Waals surface area contributed by atoms with Gasteiger partial charge in [-0.15, -0.1) is 11.0 Å². The summed E-state index contributed by atoms with van der Waals surface area (Å²) in [4.78, 5) is 26.2. The third-order valence-electron chi connectivity index (χ3n) is 4.39. The van der Waals surface area contributed by atoms with Crippen LogP contribution in [0.5, 0.6) is 5.75 Å². The van der Waals surface area contributed by atoms with Gasteiger partial charge in [-0.25, -0.2) is 4.39 Å². The van der Waals surface area contributed by atoms with Gasteiger partial charge in [-0.2, -0.15) is 8.42 Å². The lowest BCUT2D eigenvalue weighted by Crippen LogP contribution is -2.33. The molecule has 1 atom stereocenters. The van der Waals surface area contributed by atoms with Crippen molar-refractivity contribution in [3.05, 3.63) is 67.0 Å². The number of methoxy groups -OCH3 is 1. The first-order chi connectivity index (χ1) is 15.2. The first-order valence-electron chi connectivity index (χ1n) is 9.37. The minimum absolute atomic E-state index is 0.0280. The number of hydrogen-bond acceptors (Lipinski definition) is 6. The Morgan fingerprint density at radius 2 is 1.91 bits per heavy atom. The molecule has 1 saturated heterocycles. The van der Waals surface area contributed by atoms with E-state index in [-0.39, 0.29) is 23.0 Å². The normalized spacial score (nSPS) is 17.4. The van der Waals surface area contributed by atoms with Gasteiger partial charge >= 0.3 is 0 Å². The Kier molecular flexibility index (Phi) is 7.31.